The summed E-state index contributed by atoms with van der Waals surface area (Å²) in [7, 11) is 1.41. The Labute approximate surface area is 76.1 Å². The molecule has 0 aliphatic heterocycles. The number of rotatable bonds is 2. The Morgan fingerprint density at radius 2 is 2.25 bits per heavy atom. The zero-order valence-electron chi connectivity index (χ0n) is 4.85. The maximum Gasteiger partial charge on any atom is -0.107 e. The van der Waals surface area contributed by atoms with Crippen molar-refractivity contribution in [1.82, 2.24) is 0 Å². The van der Waals surface area contributed by atoms with Crippen LogP contribution in [0, 0.1) is 0 Å². The van der Waals surface area contributed by atoms with Crippen molar-refractivity contribution >= 4 is 29.9 Å². The first-order valence-electron chi connectivity index (χ1n) is 2.17. The Kier molecular flexibility index (Phi) is 11.3. The van der Waals surface area contributed by atoms with Crippen LogP contribution >= 0.6 is 24.0 Å². The van der Waals surface area contributed by atoms with Crippen molar-refractivity contribution in [2.24, 2.45) is 0 Å². The maximum absolute atomic E-state index is 10.2. The predicted octanol–water partition coefficient (Wildman–Crippen LogP) is 1.13. The summed E-state index contributed by atoms with van der Waals surface area (Å²) in [6, 6.07) is 0. The van der Waals surface area contributed by atoms with Crippen LogP contribution in [-0.4, -0.2) is 13.1 Å². The Balaban J connectivity index is 0. The van der Waals surface area contributed by atoms with Crippen molar-refractivity contribution in [3.63, 3.8) is 0 Å². The third-order valence-corrected chi connectivity index (χ3v) is 1.35. The van der Waals surface area contributed by atoms with Gasteiger partial charge in [-0.15, -0.1) is 24.0 Å². The van der Waals surface area contributed by atoms with Gasteiger partial charge in [-0.2, -0.15) is 0 Å². The SMILES string of the molecule is COC(=O)C[CH2][Zn].I. The van der Waals surface area contributed by atoms with Crippen molar-refractivity contribution in [1.29, 1.82) is 0 Å². The standard InChI is InChI=1S/C4H7O2.HI.Zn/c1-3-4(5)6-2;;/h1,3H2,2H3;1H;. The minimum absolute atomic E-state index is 0. The topological polar surface area (TPSA) is 26.3 Å². The van der Waals surface area contributed by atoms with Gasteiger partial charge in [0.15, 0.2) is 0 Å². The Hall–Kier alpha value is 0.823. The van der Waals surface area contributed by atoms with E-state index in [1.54, 1.807) is 0 Å². The van der Waals surface area contributed by atoms with Crippen LogP contribution in [0.4, 0.5) is 0 Å². The van der Waals surface area contributed by atoms with E-state index in [1.165, 1.54) is 25.4 Å². The second kappa shape index (κ2) is 7.82. The molecule has 0 fully saturated rings. The van der Waals surface area contributed by atoms with E-state index in [-0.39, 0.29) is 29.9 Å². The molecule has 2 nitrogen and oxygen atoms in total. The van der Waals surface area contributed by atoms with Crippen LogP contribution in [0.3, 0.4) is 0 Å². The van der Waals surface area contributed by atoms with Gasteiger partial charge in [0.1, 0.15) is 0 Å². The third kappa shape index (κ3) is 6.82. The molecule has 45 valence electrons. The van der Waals surface area contributed by atoms with Crippen LogP contribution in [0.15, 0.2) is 0 Å². The minimum Gasteiger partial charge on any atom is -0.107 e. The van der Waals surface area contributed by atoms with Gasteiger partial charge in [0, 0.05) is 0 Å². The predicted molar refractivity (Wildman–Crippen MR) is 36.9 cm³/mol. The number of ether oxygens (including phenoxy) is 1. The van der Waals surface area contributed by atoms with Crippen molar-refractivity contribution in [2.75, 3.05) is 7.11 Å². The summed E-state index contributed by atoms with van der Waals surface area (Å²) in [6.45, 7) is 0. The monoisotopic (exact) mass is 279 g/mol. The van der Waals surface area contributed by atoms with E-state index in [4.69, 9.17) is 0 Å². The van der Waals surface area contributed by atoms with Gasteiger partial charge in [-0.05, 0) is 0 Å². The fraction of sp³-hybridized carbons (Fsp3) is 0.750. The Morgan fingerprint density at radius 3 is 2.38 bits per heavy atom. The zero-order chi connectivity index (χ0) is 5.70. The van der Waals surface area contributed by atoms with E-state index >= 15 is 0 Å². The second-order valence-electron chi connectivity index (χ2n) is 1.18. The molecule has 0 unspecified atom stereocenters. The van der Waals surface area contributed by atoms with Crippen LogP contribution < -0.4 is 0 Å². The van der Waals surface area contributed by atoms with Gasteiger partial charge < -0.3 is 0 Å². The molecule has 4 heteroatoms. The van der Waals surface area contributed by atoms with E-state index in [2.05, 4.69) is 4.74 Å². The molecule has 0 radical (unpaired) electrons. The quantitative estimate of drug-likeness (QED) is 0.431. The summed E-state index contributed by atoms with van der Waals surface area (Å²) < 4.78 is 4.37. The molecule has 0 aromatic carbocycles. The van der Waals surface area contributed by atoms with Crippen molar-refractivity contribution < 1.29 is 27.8 Å². The summed E-state index contributed by atoms with van der Waals surface area (Å²) in [6.07, 6.45) is 0.594. The van der Waals surface area contributed by atoms with Gasteiger partial charge in [0.25, 0.3) is 0 Å². The Bertz CT molecular complexity index is 67.1. The Morgan fingerprint density at radius 1 is 1.75 bits per heavy atom. The van der Waals surface area contributed by atoms with E-state index in [1.807, 2.05) is 0 Å². The minimum atomic E-state index is -0.0914. The van der Waals surface area contributed by atoms with Crippen LogP contribution in [-0.2, 0) is 27.8 Å². The number of carbonyl (C=O) groups is 1. The van der Waals surface area contributed by atoms with E-state index in [9.17, 15) is 4.79 Å². The molecular weight excluding hydrogens is 272 g/mol. The van der Waals surface area contributed by atoms with Crippen LogP contribution in [0.2, 0.25) is 5.02 Å². The largest absolute Gasteiger partial charge is 0.107 e. The number of carbonyl (C=O) groups excluding carboxylic acids is 1. The van der Waals surface area contributed by atoms with Gasteiger partial charge in [-0.1, -0.05) is 0 Å². The van der Waals surface area contributed by atoms with E-state index < -0.39 is 0 Å². The molecule has 0 atom stereocenters. The average molecular weight is 280 g/mol. The molecule has 0 aromatic heterocycles. The first-order chi connectivity index (χ1) is 3.31. The van der Waals surface area contributed by atoms with Crippen LogP contribution in [0.5, 0.6) is 0 Å². The molecule has 0 aliphatic rings. The van der Waals surface area contributed by atoms with Crippen molar-refractivity contribution in [3.8, 4) is 0 Å². The van der Waals surface area contributed by atoms with Gasteiger partial charge in [-0.3, -0.25) is 0 Å². The number of esters is 1. The first-order valence-corrected chi connectivity index (χ1v) is 4.27. The molecule has 0 amide bonds. The molecule has 0 rings (SSSR count). The summed E-state index contributed by atoms with van der Waals surface area (Å²) >= 11 is 1.18. The molecule has 0 bridgehead atoms. The maximum atomic E-state index is 10.2. The molecule has 0 saturated heterocycles. The summed E-state index contributed by atoms with van der Waals surface area (Å²) in [5.41, 5.74) is 0. The van der Waals surface area contributed by atoms with Crippen molar-refractivity contribution in [3.05, 3.63) is 0 Å². The molecule has 0 heterocycles. The molecule has 8 heavy (non-hydrogen) atoms. The first kappa shape index (κ1) is 11.6. The van der Waals surface area contributed by atoms with Crippen LogP contribution in [0.1, 0.15) is 6.42 Å². The number of halogens is 1. The third-order valence-electron chi connectivity index (χ3n) is 0.609. The number of methoxy groups -OCH3 is 1. The van der Waals surface area contributed by atoms with E-state index in [0.29, 0.717) is 6.42 Å². The molecule has 0 spiro atoms. The summed E-state index contributed by atoms with van der Waals surface area (Å²) in [5.74, 6) is -0.0914. The van der Waals surface area contributed by atoms with Gasteiger partial charge in [0.2, 0.25) is 0 Å². The normalized spacial score (nSPS) is 7.38. The molecule has 0 aromatic rings. The smallest absolute Gasteiger partial charge is 0.107 e. The number of hydrogen-bond acceptors (Lipinski definition) is 2. The van der Waals surface area contributed by atoms with Crippen molar-refractivity contribution in [2.45, 2.75) is 11.4 Å². The van der Waals surface area contributed by atoms with Gasteiger partial charge in [0.05, 0.1) is 0 Å². The van der Waals surface area contributed by atoms with E-state index in [0.717, 1.165) is 5.02 Å². The summed E-state index contributed by atoms with van der Waals surface area (Å²) in [5, 5.41) is 0.993. The molecule has 0 saturated carbocycles. The van der Waals surface area contributed by atoms with Crippen LogP contribution in [0.25, 0.3) is 0 Å². The fourth-order valence-electron chi connectivity index (χ4n) is 0.246. The van der Waals surface area contributed by atoms with Gasteiger partial charge in [-0.25, -0.2) is 0 Å². The number of hydrogen-bond donors (Lipinski definition) is 0. The average Bonchev–Trinajstić information content (AvgIpc) is 1.68. The second-order valence-corrected chi connectivity index (χ2v) is 2.66. The summed E-state index contributed by atoms with van der Waals surface area (Å²) in [4.78, 5) is 10.2. The molecule has 0 aliphatic carbocycles. The fourth-order valence-corrected chi connectivity index (χ4v) is 0.852. The molecule has 0 N–H and O–H groups in total. The molecular formula is C4H8IO2Zn. The van der Waals surface area contributed by atoms with Gasteiger partial charge >= 0.3 is 52.3 Å². The zero-order valence-corrected chi connectivity index (χ0v) is 10.1.